The van der Waals surface area contributed by atoms with Crippen molar-refractivity contribution in [1.82, 2.24) is 5.32 Å². The fraction of sp³-hybridized carbons (Fsp3) is 0.500. The molecule has 0 aliphatic heterocycles. The number of nitrogens with two attached hydrogens (primary N) is 1. The van der Waals surface area contributed by atoms with Crippen LogP contribution in [-0.4, -0.2) is 18.5 Å². The minimum Gasteiger partial charge on any atom is -0.399 e. The van der Waals surface area contributed by atoms with Crippen LogP contribution in [0.3, 0.4) is 0 Å². The highest BCUT2D eigenvalue weighted by molar-refractivity contribution is 5.84. The van der Waals surface area contributed by atoms with Gasteiger partial charge in [-0.1, -0.05) is 13.8 Å². The Balaban J connectivity index is 2.55. The molecule has 1 aromatic rings. The average Bonchev–Trinajstić information content (AvgIpc) is 2.30. The number of benzene rings is 1. The quantitative estimate of drug-likeness (QED) is 0.700. The third-order valence-corrected chi connectivity index (χ3v) is 2.73. The normalized spacial score (nSPS) is 12.3. The number of carbonyl (C=O) groups is 1. The van der Waals surface area contributed by atoms with Crippen LogP contribution in [0.4, 0.5) is 11.4 Å². The summed E-state index contributed by atoms with van der Waals surface area (Å²) in [4.78, 5) is 11.8. The van der Waals surface area contributed by atoms with Crippen LogP contribution in [0.2, 0.25) is 0 Å². The van der Waals surface area contributed by atoms with Crippen LogP contribution in [0.15, 0.2) is 18.2 Å². The van der Waals surface area contributed by atoms with Gasteiger partial charge >= 0.3 is 0 Å². The Labute approximate surface area is 109 Å². The summed E-state index contributed by atoms with van der Waals surface area (Å²) < 4.78 is 0. The van der Waals surface area contributed by atoms with Crippen molar-refractivity contribution in [2.45, 2.75) is 33.7 Å². The predicted octanol–water partition coefficient (Wildman–Crippen LogP) is 2.15. The van der Waals surface area contributed by atoms with Gasteiger partial charge in [-0.2, -0.15) is 0 Å². The molecule has 100 valence electrons. The minimum absolute atomic E-state index is 0.0122. The van der Waals surface area contributed by atoms with Gasteiger partial charge in [0.05, 0.1) is 0 Å². The molecule has 0 saturated carbocycles. The Morgan fingerprint density at radius 3 is 2.56 bits per heavy atom. The largest absolute Gasteiger partial charge is 0.399 e. The number of aryl methyl sites for hydroxylation is 1. The van der Waals surface area contributed by atoms with Gasteiger partial charge in [0.15, 0.2) is 0 Å². The van der Waals surface area contributed by atoms with Gasteiger partial charge in [-0.3, -0.25) is 4.79 Å². The van der Waals surface area contributed by atoms with E-state index in [9.17, 15) is 4.79 Å². The summed E-state index contributed by atoms with van der Waals surface area (Å²) in [6, 6.07) is 5.42. The highest BCUT2D eigenvalue weighted by atomic mass is 16.2. The van der Waals surface area contributed by atoms with Crippen molar-refractivity contribution in [3.63, 3.8) is 0 Å². The monoisotopic (exact) mass is 249 g/mol. The first-order valence-electron chi connectivity index (χ1n) is 6.30. The SMILES string of the molecule is Cc1cc(NC(C)C(=O)NCC(C)C)ccc1N. The third kappa shape index (κ3) is 4.28. The zero-order valence-electron chi connectivity index (χ0n) is 11.6. The van der Waals surface area contributed by atoms with E-state index in [2.05, 4.69) is 24.5 Å². The fourth-order valence-corrected chi connectivity index (χ4v) is 1.54. The number of amides is 1. The van der Waals surface area contributed by atoms with Crippen molar-refractivity contribution in [1.29, 1.82) is 0 Å². The molecule has 1 aromatic carbocycles. The maximum Gasteiger partial charge on any atom is 0.242 e. The van der Waals surface area contributed by atoms with E-state index < -0.39 is 0 Å². The maximum atomic E-state index is 11.8. The predicted molar refractivity (Wildman–Crippen MR) is 76.5 cm³/mol. The molecule has 0 fully saturated rings. The first-order valence-corrected chi connectivity index (χ1v) is 6.30. The van der Waals surface area contributed by atoms with Crippen LogP contribution < -0.4 is 16.4 Å². The standard InChI is InChI=1S/C14H23N3O/c1-9(2)8-16-14(18)11(4)17-12-5-6-13(15)10(3)7-12/h5-7,9,11,17H,8,15H2,1-4H3,(H,16,18). The highest BCUT2D eigenvalue weighted by Crippen LogP contribution is 2.17. The number of nitrogen functional groups attached to an aromatic ring is 1. The molecule has 0 aromatic heterocycles. The van der Waals surface area contributed by atoms with Gasteiger partial charge in [0.1, 0.15) is 6.04 Å². The summed E-state index contributed by atoms with van der Waals surface area (Å²) in [6.45, 7) is 8.64. The van der Waals surface area contributed by atoms with Crippen molar-refractivity contribution >= 4 is 17.3 Å². The summed E-state index contributed by atoms with van der Waals surface area (Å²) in [5.41, 5.74) is 8.43. The molecule has 0 aliphatic carbocycles. The second-order valence-corrected chi connectivity index (χ2v) is 5.08. The number of hydrogen-bond donors (Lipinski definition) is 3. The second kappa shape index (κ2) is 6.28. The molecule has 0 bridgehead atoms. The van der Waals surface area contributed by atoms with Crippen LogP contribution in [0.25, 0.3) is 0 Å². The van der Waals surface area contributed by atoms with E-state index in [0.29, 0.717) is 12.5 Å². The molecule has 0 aliphatic rings. The number of carbonyl (C=O) groups excluding carboxylic acids is 1. The van der Waals surface area contributed by atoms with Gasteiger partial charge in [-0.05, 0) is 43.5 Å². The van der Waals surface area contributed by atoms with Gasteiger partial charge in [0.2, 0.25) is 5.91 Å². The Kier molecular flexibility index (Phi) is 5.01. The van der Waals surface area contributed by atoms with Crippen molar-refractivity contribution in [3.05, 3.63) is 23.8 Å². The van der Waals surface area contributed by atoms with Gasteiger partial charge in [-0.25, -0.2) is 0 Å². The minimum atomic E-state index is -0.258. The van der Waals surface area contributed by atoms with Crippen molar-refractivity contribution in [2.75, 3.05) is 17.6 Å². The Bertz CT molecular complexity index is 416. The summed E-state index contributed by atoms with van der Waals surface area (Å²) >= 11 is 0. The number of rotatable bonds is 5. The molecule has 4 nitrogen and oxygen atoms in total. The smallest absolute Gasteiger partial charge is 0.242 e. The number of anilines is 2. The van der Waals surface area contributed by atoms with E-state index in [4.69, 9.17) is 5.73 Å². The molecule has 4 heteroatoms. The topological polar surface area (TPSA) is 67.2 Å². The van der Waals surface area contributed by atoms with E-state index in [1.165, 1.54) is 0 Å². The summed E-state index contributed by atoms with van der Waals surface area (Å²) in [5.74, 6) is 0.470. The van der Waals surface area contributed by atoms with Gasteiger partial charge in [-0.15, -0.1) is 0 Å². The van der Waals surface area contributed by atoms with Crippen LogP contribution in [0.1, 0.15) is 26.3 Å². The number of hydrogen-bond acceptors (Lipinski definition) is 3. The molecule has 0 saturated heterocycles. The lowest BCUT2D eigenvalue weighted by Crippen LogP contribution is -2.39. The molecule has 1 amide bonds. The molecule has 1 atom stereocenters. The molecule has 1 unspecified atom stereocenters. The highest BCUT2D eigenvalue weighted by Gasteiger charge is 2.12. The summed E-state index contributed by atoms with van der Waals surface area (Å²) in [5, 5.41) is 6.07. The molecule has 0 radical (unpaired) electrons. The molecular weight excluding hydrogens is 226 g/mol. The Morgan fingerprint density at radius 1 is 1.33 bits per heavy atom. The van der Waals surface area contributed by atoms with Crippen molar-refractivity contribution in [2.24, 2.45) is 5.92 Å². The second-order valence-electron chi connectivity index (χ2n) is 5.08. The first-order chi connectivity index (χ1) is 8.40. The summed E-state index contributed by atoms with van der Waals surface area (Å²) in [7, 11) is 0. The summed E-state index contributed by atoms with van der Waals surface area (Å²) in [6.07, 6.45) is 0. The zero-order chi connectivity index (χ0) is 13.7. The first kappa shape index (κ1) is 14.4. The molecule has 0 spiro atoms. The Morgan fingerprint density at radius 2 is 2.00 bits per heavy atom. The van der Waals surface area contributed by atoms with E-state index in [-0.39, 0.29) is 11.9 Å². The van der Waals surface area contributed by atoms with E-state index in [1.54, 1.807) is 0 Å². The van der Waals surface area contributed by atoms with E-state index in [0.717, 1.165) is 16.9 Å². The van der Waals surface area contributed by atoms with Crippen LogP contribution in [0, 0.1) is 12.8 Å². The molecule has 4 N–H and O–H groups in total. The van der Waals surface area contributed by atoms with Crippen LogP contribution >= 0.6 is 0 Å². The zero-order valence-corrected chi connectivity index (χ0v) is 11.6. The van der Waals surface area contributed by atoms with Gasteiger partial charge < -0.3 is 16.4 Å². The molecule has 1 rings (SSSR count). The third-order valence-electron chi connectivity index (χ3n) is 2.73. The van der Waals surface area contributed by atoms with Gasteiger partial charge in [0.25, 0.3) is 0 Å². The molecular formula is C14H23N3O. The lowest BCUT2D eigenvalue weighted by Gasteiger charge is -2.17. The molecule has 18 heavy (non-hydrogen) atoms. The van der Waals surface area contributed by atoms with Crippen molar-refractivity contribution < 1.29 is 4.79 Å². The van der Waals surface area contributed by atoms with Crippen LogP contribution in [0.5, 0.6) is 0 Å². The van der Waals surface area contributed by atoms with E-state index in [1.807, 2.05) is 32.0 Å². The lowest BCUT2D eigenvalue weighted by molar-refractivity contribution is -0.121. The fourth-order valence-electron chi connectivity index (χ4n) is 1.54. The number of nitrogens with one attached hydrogen (secondary N) is 2. The average molecular weight is 249 g/mol. The van der Waals surface area contributed by atoms with Gasteiger partial charge in [0, 0.05) is 17.9 Å². The Hall–Kier alpha value is -1.71. The van der Waals surface area contributed by atoms with Crippen molar-refractivity contribution in [3.8, 4) is 0 Å². The van der Waals surface area contributed by atoms with Crippen LogP contribution in [-0.2, 0) is 4.79 Å². The lowest BCUT2D eigenvalue weighted by atomic mass is 10.1. The molecule has 0 heterocycles. The maximum absolute atomic E-state index is 11.8. The van der Waals surface area contributed by atoms with E-state index >= 15 is 0 Å².